The van der Waals surface area contributed by atoms with Crippen molar-refractivity contribution >= 4 is 23.8 Å². The number of carbonyl (C=O) groups excluding carboxylic acids is 1. The molecule has 0 saturated heterocycles. The number of nitrogens with one attached hydrogen (secondary N) is 1. The number of carboxylic acid groups (broad SMARTS) is 1. The number of pyridine rings is 1. The van der Waals surface area contributed by atoms with Crippen LogP contribution in [0.25, 0.3) is 6.08 Å². The third-order valence-electron chi connectivity index (χ3n) is 2.54. The van der Waals surface area contributed by atoms with Gasteiger partial charge in [-0.25, -0.2) is 9.78 Å². The Balaban J connectivity index is 2.03. The highest BCUT2D eigenvalue weighted by atomic mass is 16.4. The molecule has 0 saturated carbocycles. The van der Waals surface area contributed by atoms with Crippen LogP contribution in [-0.4, -0.2) is 27.1 Å². The Hall–Kier alpha value is -3.15. The number of phenols is 1. The first kappa shape index (κ1) is 14.3. The van der Waals surface area contributed by atoms with Gasteiger partial charge in [0, 0.05) is 6.08 Å². The molecule has 0 aliphatic heterocycles. The van der Waals surface area contributed by atoms with Gasteiger partial charge in [-0.3, -0.25) is 4.79 Å². The Morgan fingerprint density at radius 3 is 2.48 bits per heavy atom. The molecule has 2 rings (SSSR count). The number of rotatable bonds is 4. The zero-order valence-corrected chi connectivity index (χ0v) is 10.9. The Labute approximate surface area is 120 Å². The molecule has 0 spiro atoms. The van der Waals surface area contributed by atoms with Crippen LogP contribution in [0.4, 0.5) is 5.82 Å². The van der Waals surface area contributed by atoms with Gasteiger partial charge in [0.25, 0.3) is 0 Å². The van der Waals surface area contributed by atoms with Gasteiger partial charge >= 0.3 is 5.97 Å². The monoisotopic (exact) mass is 284 g/mol. The van der Waals surface area contributed by atoms with Crippen molar-refractivity contribution in [1.82, 2.24) is 4.98 Å². The predicted octanol–water partition coefficient (Wildman–Crippen LogP) is 2.14. The second kappa shape index (κ2) is 6.33. The third kappa shape index (κ3) is 4.17. The van der Waals surface area contributed by atoms with Gasteiger partial charge in [-0.05, 0) is 35.9 Å². The molecule has 1 aromatic heterocycles. The smallest absolute Gasteiger partial charge is 0.354 e. The maximum atomic E-state index is 11.7. The third-order valence-corrected chi connectivity index (χ3v) is 2.54. The summed E-state index contributed by atoms with van der Waals surface area (Å²) in [6, 6.07) is 10.7. The van der Waals surface area contributed by atoms with E-state index in [1.54, 1.807) is 18.2 Å². The van der Waals surface area contributed by atoms with Gasteiger partial charge in [0.05, 0.1) is 0 Å². The first-order valence-electron chi connectivity index (χ1n) is 6.03. The normalized spacial score (nSPS) is 10.5. The van der Waals surface area contributed by atoms with Crippen molar-refractivity contribution in [3.05, 3.63) is 59.8 Å². The summed E-state index contributed by atoms with van der Waals surface area (Å²) in [4.78, 5) is 26.2. The van der Waals surface area contributed by atoms with Crippen molar-refractivity contribution in [2.45, 2.75) is 0 Å². The lowest BCUT2D eigenvalue weighted by molar-refractivity contribution is -0.111. The number of carbonyl (C=O) groups is 2. The van der Waals surface area contributed by atoms with Crippen LogP contribution in [0, 0.1) is 0 Å². The van der Waals surface area contributed by atoms with E-state index < -0.39 is 11.9 Å². The maximum absolute atomic E-state index is 11.7. The molecule has 0 aliphatic carbocycles. The molecule has 0 unspecified atom stereocenters. The molecule has 106 valence electrons. The summed E-state index contributed by atoms with van der Waals surface area (Å²) in [6.07, 6.45) is 2.86. The zero-order chi connectivity index (χ0) is 15.2. The van der Waals surface area contributed by atoms with Crippen molar-refractivity contribution < 1.29 is 19.8 Å². The summed E-state index contributed by atoms with van der Waals surface area (Å²) in [7, 11) is 0. The summed E-state index contributed by atoms with van der Waals surface area (Å²) >= 11 is 0. The summed E-state index contributed by atoms with van der Waals surface area (Å²) in [6.45, 7) is 0. The van der Waals surface area contributed by atoms with Crippen LogP contribution in [0.5, 0.6) is 5.75 Å². The summed E-state index contributed by atoms with van der Waals surface area (Å²) in [5, 5.41) is 20.4. The van der Waals surface area contributed by atoms with Crippen molar-refractivity contribution in [2.75, 3.05) is 5.32 Å². The van der Waals surface area contributed by atoms with Gasteiger partial charge in [0.2, 0.25) is 5.91 Å². The van der Waals surface area contributed by atoms with Crippen LogP contribution in [0.2, 0.25) is 0 Å². The number of anilines is 1. The van der Waals surface area contributed by atoms with Crippen molar-refractivity contribution in [1.29, 1.82) is 0 Å². The van der Waals surface area contributed by atoms with Crippen molar-refractivity contribution in [3.63, 3.8) is 0 Å². The summed E-state index contributed by atoms with van der Waals surface area (Å²) in [5.74, 6) is -1.29. The first-order chi connectivity index (χ1) is 10.0. The number of carboxylic acids is 1. The van der Waals surface area contributed by atoms with Gasteiger partial charge in [-0.15, -0.1) is 0 Å². The molecule has 2 aromatic rings. The van der Waals surface area contributed by atoms with Crippen LogP contribution in [0.15, 0.2) is 48.5 Å². The summed E-state index contributed by atoms with van der Waals surface area (Å²) < 4.78 is 0. The van der Waals surface area contributed by atoms with E-state index in [-0.39, 0.29) is 17.3 Å². The molecule has 0 aliphatic rings. The molecule has 6 heteroatoms. The second-order valence-electron chi connectivity index (χ2n) is 4.13. The SMILES string of the molecule is O=C(C=Cc1ccc(O)cc1)Nc1cccc(C(=O)O)n1. The van der Waals surface area contributed by atoms with E-state index in [4.69, 9.17) is 10.2 Å². The number of hydrogen-bond donors (Lipinski definition) is 3. The van der Waals surface area contributed by atoms with E-state index in [0.717, 1.165) is 5.56 Å². The molecule has 1 amide bonds. The first-order valence-corrected chi connectivity index (χ1v) is 6.03. The maximum Gasteiger partial charge on any atom is 0.354 e. The van der Waals surface area contributed by atoms with Crippen LogP contribution < -0.4 is 5.32 Å². The highest BCUT2D eigenvalue weighted by Crippen LogP contribution is 2.11. The Kier molecular flexibility index (Phi) is 4.30. The van der Waals surface area contributed by atoms with E-state index in [0.29, 0.717) is 0 Å². The van der Waals surface area contributed by atoms with Crippen molar-refractivity contribution in [2.24, 2.45) is 0 Å². The van der Waals surface area contributed by atoms with E-state index in [1.807, 2.05) is 0 Å². The number of phenolic OH excluding ortho intramolecular Hbond substituents is 1. The van der Waals surface area contributed by atoms with Crippen LogP contribution in [0.1, 0.15) is 16.1 Å². The molecular weight excluding hydrogens is 272 g/mol. The topological polar surface area (TPSA) is 99.5 Å². The van der Waals surface area contributed by atoms with Crippen molar-refractivity contribution in [3.8, 4) is 5.75 Å². The number of hydrogen-bond acceptors (Lipinski definition) is 4. The molecule has 3 N–H and O–H groups in total. The predicted molar refractivity (Wildman–Crippen MR) is 77.0 cm³/mol. The van der Waals surface area contributed by atoms with Gasteiger partial charge in [-0.1, -0.05) is 18.2 Å². The fourth-order valence-corrected chi connectivity index (χ4v) is 1.55. The molecule has 0 atom stereocenters. The molecule has 0 bridgehead atoms. The van der Waals surface area contributed by atoms with E-state index >= 15 is 0 Å². The van der Waals surface area contributed by atoms with Gasteiger partial charge in [0.15, 0.2) is 5.69 Å². The molecule has 0 radical (unpaired) electrons. The Bertz CT molecular complexity index is 693. The lowest BCUT2D eigenvalue weighted by atomic mass is 10.2. The Morgan fingerprint density at radius 1 is 1.10 bits per heavy atom. The average molecular weight is 284 g/mol. The summed E-state index contributed by atoms with van der Waals surface area (Å²) in [5.41, 5.74) is 0.602. The minimum absolute atomic E-state index is 0.143. The highest BCUT2D eigenvalue weighted by Gasteiger charge is 2.06. The van der Waals surface area contributed by atoms with E-state index in [9.17, 15) is 9.59 Å². The number of amides is 1. The van der Waals surface area contributed by atoms with Gasteiger partial charge in [-0.2, -0.15) is 0 Å². The molecule has 6 nitrogen and oxygen atoms in total. The zero-order valence-electron chi connectivity index (χ0n) is 10.9. The van der Waals surface area contributed by atoms with Gasteiger partial charge < -0.3 is 15.5 Å². The molecule has 1 heterocycles. The fraction of sp³-hybridized carbons (Fsp3) is 0. The van der Waals surface area contributed by atoms with Gasteiger partial charge in [0.1, 0.15) is 11.6 Å². The molecule has 1 aromatic carbocycles. The minimum Gasteiger partial charge on any atom is -0.508 e. The lowest BCUT2D eigenvalue weighted by Crippen LogP contribution is -2.11. The number of nitrogens with zero attached hydrogens (tertiary/aromatic N) is 1. The standard InChI is InChI=1S/C15H12N2O4/c18-11-7-4-10(5-8-11)6-9-14(19)17-13-3-1-2-12(16-13)15(20)21/h1-9,18H,(H,20,21)(H,16,17,19). The molecule has 21 heavy (non-hydrogen) atoms. The average Bonchev–Trinajstić information content (AvgIpc) is 2.47. The van der Waals surface area contributed by atoms with Crippen LogP contribution in [-0.2, 0) is 4.79 Å². The van der Waals surface area contributed by atoms with E-state index in [1.165, 1.54) is 36.4 Å². The number of aromatic carboxylic acids is 1. The molecule has 0 fully saturated rings. The largest absolute Gasteiger partial charge is 0.508 e. The minimum atomic E-state index is -1.16. The van der Waals surface area contributed by atoms with E-state index in [2.05, 4.69) is 10.3 Å². The number of benzene rings is 1. The lowest BCUT2D eigenvalue weighted by Gasteiger charge is -2.02. The fourth-order valence-electron chi connectivity index (χ4n) is 1.55. The number of aromatic nitrogens is 1. The Morgan fingerprint density at radius 2 is 1.81 bits per heavy atom. The molecular formula is C15H12N2O4. The second-order valence-corrected chi connectivity index (χ2v) is 4.13. The highest BCUT2D eigenvalue weighted by molar-refractivity contribution is 6.01. The number of aromatic hydroxyl groups is 1. The van der Waals surface area contributed by atoms with Crippen LogP contribution in [0.3, 0.4) is 0 Å². The quantitative estimate of drug-likeness (QED) is 0.747. The van der Waals surface area contributed by atoms with Crippen LogP contribution >= 0.6 is 0 Å².